The fourth-order valence-corrected chi connectivity index (χ4v) is 3.85. The number of nitrogens with zero attached hydrogens (tertiary/aromatic N) is 3. The Balaban J connectivity index is 1.84. The molecule has 2 aromatic rings. The molecule has 0 spiro atoms. The van der Waals surface area contributed by atoms with Crippen molar-refractivity contribution in [2.24, 2.45) is 16.8 Å². The molecule has 0 bridgehead atoms. The van der Waals surface area contributed by atoms with Crippen molar-refractivity contribution in [2.75, 3.05) is 0 Å². The fourth-order valence-electron chi connectivity index (χ4n) is 3.85. The van der Waals surface area contributed by atoms with Crippen LogP contribution in [0.4, 0.5) is 0 Å². The molecule has 0 amide bonds. The highest BCUT2D eigenvalue weighted by Gasteiger charge is 2.34. The van der Waals surface area contributed by atoms with Crippen LogP contribution in [0, 0.1) is 11.8 Å². The molecular formula is C24H31N5. The van der Waals surface area contributed by atoms with Crippen molar-refractivity contribution in [3.05, 3.63) is 64.8 Å². The van der Waals surface area contributed by atoms with Gasteiger partial charge in [0.05, 0.1) is 11.4 Å². The van der Waals surface area contributed by atoms with E-state index in [9.17, 15) is 0 Å². The second-order valence-electron chi connectivity index (χ2n) is 10.2. The standard InChI is InChI=1S/C24H31N5/c1-14-15-10-8-9-11-16(15)22(18-13-20(29-27-18)24(5,6)7)25-21(14)17-12-19(28-26-17)23(2,3)4/h8-15H,1-7H3,(H,26,28)(H,27,29). The van der Waals surface area contributed by atoms with E-state index < -0.39 is 0 Å². The molecule has 3 heterocycles. The zero-order chi connectivity index (χ0) is 21.0. The quantitative estimate of drug-likeness (QED) is 0.730. The Bertz CT molecular complexity index is 1040. The summed E-state index contributed by atoms with van der Waals surface area (Å²) >= 11 is 0. The summed E-state index contributed by atoms with van der Waals surface area (Å²) in [4.78, 5) is 5.12. The average Bonchev–Trinajstić information content (AvgIpc) is 3.31. The minimum absolute atomic E-state index is 0.0104. The molecule has 0 aromatic carbocycles. The highest BCUT2D eigenvalue weighted by Crippen LogP contribution is 2.40. The molecule has 2 unspecified atom stereocenters. The van der Waals surface area contributed by atoms with Gasteiger partial charge in [0.1, 0.15) is 11.4 Å². The van der Waals surface area contributed by atoms with E-state index in [4.69, 9.17) is 4.99 Å². The summed E-state index contributed by atoms with van der Waals surface area (Å²) in [5.74, 6) is 0.513. The Hall–Kier alpha value is -2.69. The van der Waals surface area contributed by atoms with E-state index in [1.54, 1.807) is 0 Å². The Morgan fingerprint density at radius 1 is 0.828 bits per heavy atom. The van der Waals surface area contributed by atoms with Crippen LogP contribution in [0.3, 0.4) is 0 Å². The van der Waals surface area contributed by atoms with Crippen LogP contribution < -0.4 is 0 Å². The summed E-state index contributed by atoms with van der Waals surface area (Å²) in [6.45, 7) is 15.3. The predicted octanol–water partition coefficient (Wildman–Crippen LogP) is 5.32. The highest BCUT2D eigenvalue weighted by atomic mass is 15.1. The summed E-state index contributed by atoms with van der Waals surface area (Å²) in [5.41, 5.74) is 7.25. The van der Waals surface area contributed by atoms with E-state index in [2.05, 4.69) is 105 Å². The molecule has 152 valence electrons. The molecule has 2 atom stereocenters. The first-order valence-corrected chi connectivity index (χ1v) is 10.4. The second kappa shape index (κ2) is 6.68. The van der Waals surface area contributed by atoms with Gasteiger partial charge in [0.25, 0.3) is 0 Å². The number of aromatic amines is 2. The Kier molecular flexibility index (Phi) is 4.52. The van der Waals surface area contributed by atoms with Gasteiger partial charge in [0.2, 0.25) is 0 Å². The molecule has 2 aliphatic rings. The van der Waals surface area contributed by atoms with Gasteiger partial charge in [-0.3, -0.25) is 10.2 Å². The third-order valence-electron chi connectivity index (χ3n) is 5.82. The molecule has 5 nitrogen and oxygen atoms in total. The number of hydrogen-bond acceptors (Lipinski definition) is 3. The monoisotopic (exact) mass is 389 g/mol. The molecule has 2 N–H and O–H groups in total. The molecule has 0 saturated heterocycles. The molecule has 0 radical (unpaired) electrons. The van der Waals surface area contributed by atoms with Crippen LogP contribution in [0.25, 0.3) is 5.70 Å². The topological polar surface area (TPSA) is 69.7 Å². The lowest BCUT2D eigenvalue weighted by molar-refractivity contribution is 0.566. The Morgan fingerprint density at radius 3 is 2.00 bits per heavy atom. The SMILES string of the molecule is CC1C(c2cc(C(C)(C)C)[nH]n2)=NC(c2cc(C(C)(C)C)[nH]n2)=C2C=CC=CC21. The minimum atomic E-state index is 0.0104. The van der Waals surface area contributed by atoms with Crippen molar-refractivity contribution in [1.82, 2.24) is 20.4 Å². The van der Waals surface area contributed by atoms with E-state index >= 15 is 0 Å². The number of allylic oxidation sites excluding steroid dienone is 5. The van der Waals surface area contributed by atoms with Crippen LogP contribution in [0.1, 0.15) is 71.2 Å². The van der Waals surface area contributed by atoms with Gasteiger partial charge in [0, 0.05) is 34.1 Å². The van der Waals surface area contributed by atoms with Crippen molar-refractivity contribution >= 4 is 11.4 Å². The van der Waals surface area contributed by atoms with Gasteiger partial charge in [-0.2, -0.15) is 10.2 Å². The van der Waals surface area contributed by atoms with Crippen LogP contribution >= 0.6 is 0 Å². The molecule has 2 aromatic heterocycles. The van der Waals surface area contributed by atoms with Gasteiger partial charge in [-0.25, -0.2) is 4.99 Å². The van der Waals surface area contributed by atoms with Crippen molar-refractivity contribution in [2.45, 2.75) is 59.3 Å². The van der Waals surface area contributed by atoms with Gasteiger partial charge >= 0.3 is 0 Å². The molecule has 0 saturated carbocycles. The second-order valence-corrected chi connectivity index (χ2v) is 10.2. The molecule has 5 heteroatoms. The van der Waals surface area contributed by atoms with E-state index in [1.807, 2.05) is 0 Å². The largest absolute Gasteiger partial charge is 0.281 e. The van der Waals surface area contributed by atoms with Gasteiger partial charge < -0.3 is 0 Å². The lowest BCUT2D eigenvalue weighted by atomic mass is 9.77. The van der Waals surface area contributed by atoms with Crippen molar-refractivity contribution in [3.63, 3.8) is 0 Å². The number of fused-ring (bicyclic) bond motifs is 1. The maximum atomic E-state index is 5.12. The van der Waals surface area contributed by atoms with Crippen LogP contribution in [-0.2, 0) is 10.8 Å². The average molecular weight is 390 g/mol. The first-order valence-electron chi connectivity index (χ1n) is 10.4. The minimum Gasteiger partial charge on any atom is -0.281 e. The number of nitrogens with one attached hydrogen (secondary N) is 2. The van der Waals surface area contributed by atoms with Crippen molar-refractivity contribution < 1.29 is 0 Å². The van der Waals surface area contributed by atoms with Gasteiger partial charge in [0.15, 0.2) is 0 Å². The number of rotatable bonds is 2. The van der Waals surface area contributed by atoms with E-state index in [1.165, 1.54) is 5.57 Å². The normalized spacial score (nSPS) is 22.1. The van der Waals surface area contributed by atoms with E-state index in [0.29, 0.717) is 0 Å². The Morgan fingerprint density at radius 2 is 1.41 bits per heavy atom. The summed E-state index contributed by atoms with van der Waals surface area (Å²) in [6.07, 6.45) is 8.65. The third-order valence-corrected chi connectivity index (χ3v) is 5.82. The zero-order valence-corrected chi connectivity index (χ0v) is 18.5. The van der Waals surface area contributed by atoms with Gasteiger partial charge in [-0.1, -0.05) is 72.8 Å². The first kappa shape index (κ1) is 19.6. The zero-order valence-electron chi connectivity index (χ0n) is 18.5. The lowest BCUT2D eigenvalue weighted by Gasteiger charge is -2.30. The highest BCUT2D eigenvalue weighted by molar-refractivity contribution is 6.06. The fraction of sp³-hybridized carbons (Fsp3) is 0.458. The summed E-state index contributed by atoms with van der Waals surface area (Å²) in [7, 11) is 0. The Labute approximate surface area is 173 Å². The first-order chi connectivity index (χ1) is 13.6. The molecule has 0 fully saturated rings. The summed E-state index contributed by atoms with van der Waals surface area (Å²) in [6, 6.07) is 4.28. The molecular weight excluding hydrogens is 358 g/mol. The molecule has 1 aliphatic heterocycles. The van der Waals surface area contributed by atoms with Gasteiger partial charge in [-0.15, -0.1) is 0 Å². The number of aliphatic imine (C=N–C) groups is 1. The number of H-pyrrole nitrogens is 2. The maximum absolute atomic E-state index is 5.12. The van der Waals surface area contributed by atoms with E-state index in [-0.39, 0.29) is 22.7 Å². The van der Waals surface area contributed by atoms with Crippen LogP contribution in [0.2, 0.25) is 0 Å². The lowest BCUT2D eigenvalue weighted by Crippen LogP contribution is -2.27. The summed E-state index contributed by atoms with van der Waals surface area (Å²) < 4.78 is 0. The van der Waals surface area contributed by atoms with Crippen LogP contribution in [0.5, 0.6) is 0 Å². The van der Waals surface area contributed by atoms with Crippen molar-refractivity contribution in [1.29, 1.82) is 0 Å². The third kappa shape index (κ3) is 3.54. The molecule has 4 rings (SSSR count). The maximum Gasteiger partial charge on any atom is 0.111 e. The van der Waals surface area contributed by atoms with Crippen molar-refractivity contribution in [3.8, 4) is 0 Å². The summed E-state index contributed by atoms with van der Waals surface area (Å²) in [5, 5.41) is 15.7. The smallest absolute Gasteiger partial charge is 0.111 e. The van der Waals surface area contributed by atoms with Crippen LogP contribution in [-0.4, -0.2) is 26.1 Å². The molecule has 29 heavy (non-hydrogen) atoms. The van der Waals surface area contributed by atoms with E-state index in [0.717, 1.165) is 34.2 Å². The van der Waals surface area contributed by atoms with Crippen LogP contribution in [0.15, 0.2) is 47.0 Å². The molecule has 1 aliphatic carbocycles. The predicted molar refractivity (Wildman–Crippen MR) is 119 cm³/mol. The number of aromatic nitrogens is 4. The number of hydrogen-bond donors (Lipinski definition) is 2. The van der Waals surface area contributed by atoms with Gasteiger partial charge in [-0.05, 0) is 17.7 Å².